The second kappa shape index (κ2) is 7.82. The molecule has 1 saturated heterocycles. The standard InChI is InChI=1S/C14H27N3O2/c15-9-13-11-19-8-7-17(13)10-14(18)16-12-5-3-1-2-4-6-12/h12-13H,1-11,15H2,(H,16,18). The highest BCUT2D eigenvalue weighted by atomic mass is 16.5. The van der Waals surface area contributed by atoms with E-state index in [0.717, 1.165) is 19.4 Å². The molecule has 0 aromatic rings. The number of rotatable bonds is 4. The maximum absolute atomic E-state index is 12.1. The molecule has 1 aliphatic carbocycles. The fraction of sp³-hybridized carbons (Fsp3) is 0.929. The van der Waals surface area contributed by atoms with E-state index in [-0.39, 0.29) is 11.9 Å². The number of nitrogens with one attached hydrogen (secondary N) is 1. The van der Waals surface area contributed by atoms with Crippen LogP contribution in [-0.4, -0.2) is 55.7 Å². The Morgan fingerprint density at radius 3 is 2.68 bits per heavy atom. The number of nitrogens with zero attached hydrogens (tertiary/aromatic N) is 1. The topological polar surface area (TPSA) is 67.6 Å². The van der Waals surface area contributed by atoms with E-state index in [4.69, 9.17) is 10.5 Å². The largest absolute Gasteiger partial charge is 0.378 e. The predicted molar refractivity (Wildman–Crippen MR) is 74.9 cm³/mol. The van der Waals surface area contributed by atoms with Crippen LogP contribution in [0.4, 0.5) is 0 Å². The highest BCUT2D eigenvalue weighted by Gasteiger charge is 2.24. The second-order valence-electron chi connectivity index (χ2n) is 5.69. The number of amides is 1. The SMILES string of the molecule is NCC1COCCN1CC(=O)NC1CCCCCC1. The van der Waals surface area contributed by atoms with E-state index in [9.17, 15) is 4.79 Å². The van der Waals surface area contributed by atoms with Crippen LogP contribution < -0.4 is 11.1 Å². The van der Waals surface area contributed by atoms with Gasteiger partial charge in [-0.3, -0.25) is 9.69 Å². The number of hydrogen-bond acceptors (Lipinski definition) is 4. The van der Waals surface area contributed by atoms with Gasteiger partial charge in [0.25, 0.3) is 0 Å². The summed E-state index contributed by atoms with van der Waals surface area (Å²) in [6.45, 7) is 3.17. The van der Waals surface area contributed by atoms with Gasteiger partial charge in [0.15, 0.2) is 0 Å². The van der Waals surface area contributed by atoms with Crippen molar-refractivity contribution < 1.29 is 9.53 Å². The molecule has 2 fully saturated rings. The number of morpholine rings is 1. The molecule has 3 N–H and O–H groups in total. The lowest BCUT2D eigenvalue weighted by molar-refractivity contribution is -0.125. The quantitative estimate of drug-likeness (QED) is 0.729. The second-order valence-corrected chi connectivity index (χ2v) is 5.69. The van der Waals surface area contributed by atoms with E-state index >= 15 is 0 Å². The fourth-order valence-electron chi connectivity index (χ4n) is 3.00. The summed E-state index contributed by atoms with van der Waals surface area (Å²) >= 11 is 0. The van der Waals surface area contributed by atoms with Crippen LogP contribution in [0.2, 0.25) is 0 Å². The Morgan fingerprint density at radius 1 is 1.26 bits per heavy atom. The molecular formula is C14H27N3O2. The fourth-order valence-corrected chi connectivity index (χ4v) is 3.00. The van der Waals surface area contributed by atoms with Crippen molar-refractivity contribution in [1.82, 2.24) is 10.2 Å². The number of carbonyl (C=O) groups excluding carboxylic acids is 1. The Bertz CT molecular complexity index is 278. The molecule has 110 valence electrons. The molecule has 2 rings (SSSR count). The van der Waals surface area contributed by atoms with Crippen LogP contribution in [0.1, 0.15) is 38.5 Å². The zero-order valence-corrected chi connectivity index (χ0v) is 11.8. The van der Waals surface area contributed by atoms with E-state index in [0.29, 0.717) is 32.3 Å². The molecule has 5 nitrogen and oxygen atoms in total. The average molecular weight is 269 g/mol. The lowest BCUT2D eigenvalue weighted by Gasteiger charge is -2.34. The van der Waals surface area contributed by atoms with Crippen molar-refractivity contribution in [2.75, 3.05) is 32.8 Å². The number of ether oxygens (including phenoxy) is 1. The highest BCUT2D eigenvalue weighted by Crippen LogP contribution is 2.17. The molecular weight excluding hydrogens is 242 g/mol. The summed E-state index contributed by atoms with van der Waals surface area (Å²) < 4.78 is 5.40. The first-order valence-corrected chi connectivity index (χ1v) is 7.61. The van der Waals surface area contributed by atoms with Gasteiger partial charge < -0.3 is 15.8 Å². The highest BCUT2D eigenvalue weighted by molar-refractivity contribution is 5.78. The van der Waals surface area contributed by atoms with Gasteiger partial charge in [0.1, 0.15) is 0 Å². The minimum absolute atomic E-state index is 0.146. The van der Waals surface area contributed by atoms with Crippen LogP contribution in [0.25, 0.3) is 0 Å². The molecule has 1 amide bonds. The summed E-state index contributed by atoms with van der Waals surface area (Å²) in [6, 6.07) is 0.570. The van der Waals surface area contributed by atoms with Crippen LogP contribution in [-0.2, 0) is 9.53 Å². The van der Waals surface area contributed by atoms with E-state index in [1.807, 2.05) is 0 Å². The Balaban J connectivity index is 1.75. The minimum atomic E-state index is 0.146. The van der Waals surface area contributed by atoms with Gasteiger partial charge in [0, 0.05) is 25.2 Å². The van der Waals surface area contributed by atoms with Crippen molar-refractivity contribution in [3.8, 4) is 0 Å². The number of hydrogen-bond donors (Lipinski definition) is 2. The van der Waals surface area contributed by atoms with Gasteiger partial charge in [-0.2, -0.15) is 0 Å². The van der Waals surface area contributed by atoms with Gasteiger partial charge in [-0.25, -0.2) is 0 Å². The molecule has 1 atom stereocenters. The zero-order valence-electron chi connectivity index (χ0n) is 11.8. The van der Waals surface area contributed by atoms with Crippen molar-refractivity contribution in [3.63, 3.8) is 0 Å². The van der Waals surface area contributed by atoms with E-state index in [2.05, 4.69) is 10.2 Å². The van der Waals surface area contributed by atoms with Crippen molar-refractivity contribution in [2.45, 2.75) is 50.6 Å². The Kier molecular flexibility index (Phi) is 6.07. The van der Waals surface area contributed by atoms with Crippen LogP contribution in [0.15, 0.2) is 0 Å². The van der Waals surface area contributed by atoms with Crippen LogP contribution in [0.5, 0.6) is 0 Å². The Labute approximate surface area is 115 Å². The normalized spacial score (nSPS) is 26.9. The molecule has 2 aliphatic rings. The van der Waals surface area contributed by atoms with E-state index in [1.165, 1.54) is 25.7 Å². The van der Waals surface area contributed by atoms with Gasteiger partial charge in [-0.05, 0) is 12.8 Å². The summed E-state index contributed by atoms with van der Waals surface area (Å²) in [5.74, 6) is 0.146. The molecule has 0 bridgehead atoms. The molecule has 1 saturated carbocycles. The van der Waals surface area contributed by atoms with Crippen LogP contribution in [0, 0.1) is 0 Å². The van der Waals surface area contributed by atoms with Crippen molar-refractivity contribution in [2.24, 2.45) is 5.73 Å². The molecule has 0 aromatic carbocycles. The van der Waals surface area contributed by atoms with E-state index in [1.54, 1.807) is 0 Å². The molecule has 0 spiro atoms. The molecule has 1 aliphatic heterocycles. The Hall–Kier alpha value is -0.650. The zero-order chi connectivity index (χ0) is 13.5. The predicted octanol–water partition coefficient (Wildman–Crippen LogP) is 0.485. The van der Waals surface area contributed by atoms with Gasteiger partial charge in [-0.15, -0.1) is 0 Å². The lowest BCUT2D eigenvalue weighted by Crippen LogP contribution is -2.53. The summed E-state index contributed by atoms with van der Waals surface area (Å²) in [4.78, 5) is 14.3. The van der Waals surface area contributed by atoms with Gasteiger partial charge in [0.05, 0.1) is 19.8 Å². The monoisotopic (exact) mass is 269 g/mol. The minimum Gasteiger partial charge on any atom is -0.378 e. The molecule has 0 aromatic heterocycles. The van der Waals surface area contributed by atoms with Crippen LogP contribution >= 0.6 is 0 Å². The maximum atomic E-state index is 12.1. The number of carbonyl (C=O) groups is 1. The third kappa shape index (κ3) is 4.75. The molecule has 19 heavy (non-hydrogen) atoms. The van der Waals surface area contributed by atoms with Gasteiger partial charge in [0.2, 0.25) is 5.91 Å². The molecule has 5 heteroatoms. The van der Waals surface area contributed by atoms with Gasteiger partial charge in [-0.1, -0.05) is 25.7 Å². The first-order chi connectivity index (χ1) is 9.29. The van der Waals surface area contributed by atoms with Crippen molar-refractivity contribution >= 4 is 5.91 Å². The van der Waals surface area contributed by atoms with Crippen LogP contribution in [0.3, 0.4) is 0 Å². The summed E-state index contributed by atoms with van der Waals surface area (Å²) in [7, 11) is 0. The summed E-state index contributed by atoms with van der Waals surface area (Å²) in [5.41, 5.74) is 5.72. The Morgan fingerprint density at radius 2 is 2.00 bits per heavy atom. The average Bonchev–Trinajstić information content (AvgIpc) is 2.68. The van der Waals surface area contributed by atoms with Crippen molar-refractivity contribution in [1.29, 1.82) is 0 Å². The number of nitrogens with two attached hydrogens (primary N) is 1. The summed E-state index contributed by atoms with van der Waals surface area (Å²) in [5, 5.41) is 3.19. The van der Waals surface area contributed by atoms with E-state index < -0.39 is 0 Å². The molecule has 1 heterocycles. The first kappa shape index (κ1) is 14.8. The smallest absolute Gasteiger partial charge is 0.234 e. The van der Waals surface area contributed by atoms with Gasteiger partial charge >= 0.3 is 0 Å². The molecule has 0 radical (unpaired) electrons. The summed E-state index contributed by atoms with van der Waals surface area (Å²) in [6.07, 6.45) is 7.38. The molecule has 1 unspecified atom stereocenters. The maximum Gasteiger partial charge on any atom is 0.234 e. The first-order valence-electron chi connectivity index (χ1n) is 7.61. The third-order valence-corrected chi connectivity index (χ3v) is 4.19. The third-order valence-electron chi connectivity index (χ3n) is 4.19. The lowest BCUT2D eigenvalue weighted by atomic mass is 10.1. The van der Waals surface area contributed by atoms with Crippen molar-refractivity contribution in [3.05, 3.63) is 0 Å².